The zero-order valence-electron chi connectivity index (χ0n) is 10.2. The molecule has 1 aliphatic rings. The Kier molecular flexibility index (Phi) is 3.72. The molecule has 0 aromatic carbocycles. The van der Waals surface area contributed by atoms with Crippen molar-refractivity contribution in [2.75, 3.05) is 7.05 Å². The predicted molar refractivity (Wildman–Crippen MR) is 68.3 cm³/mol. The molecule has 0 spiro atoms. The van der Waals surface area contributed by atoms with Gasteiger partial charge in [-0.25, -0.2) is 4.68 Å². The third kappa shape index (κ3) is 2.56. The van der Waals surface area contributed by atoms with E-state index in [9.17, 15) is 9.59 Å². The van der Waals surface area contributed by atoms with Gasteiger partial charge in [-0.2, -0.15) is 5.10 Å². The highest BCUT2D eigenvalue weighted by Gasteiger charge is 2.11. The average molecular weight is 245 g/mol. The van der Waals surface area contributed by atoms with Crippen LogP contribution in [0.2, 0.25) is 0 Å². The molecule has 18 heavy (non-hydrogen) atoms. The number of allylic oxidation sites excluding steroid dienone is 4. The first-order chi connectivity index (χ1) is 8.72. The van der Waals surface area contributed by atoms with Crippen LogP contribution in [0, 0.1) is 0 Å². The van der Waals surface area contributed by atoms with Gasteiger partial charge in [-0.05, 0) is 24.5 Å². The average Bonchev–Trinajstić information content (AvgIpc) is 2.41. The minimum atomic E-state index is -0.385. The molecule has 1 heterocycles. The number of nitrogens with one attached hydrogen (secondary N) is 1. The van der Waals surface area contributed by atoms with Crippen molar-refractivity contribution in [3.8, 4) is 0 Å². The molecule has 94 valence electrons. The van der Waals surface area contributed by atoms with Crippen molar-refractivity contribution in [1.82, 2.24) is 15.1 Å². The third-order valence-electron chi connectivity index (χ3n) is 2.79. The first-order valence-electron chi connectivity index (χ1n) is 5.86. The van der Waals surface area contributed by atoms with Crippen LogP contribution >= 0.6 is 0 Å². The van der Waals surface area contributed by atoms with Gasteiger partial charge in [0.2, 0.25) is 0 Å². The summed E-state index contributed by atoms with van der Waals surface area (Å²) in [5, 5.41) is 6.44. The van der Waals surface area contributed by atoms with Crippen LogP contribution in [0.15, 0.2) is 40.9 Å². The lowest BCUT2D eigenvalue weighted by molar-refractivity contribution is 0.0960. The van der Waals surface area contributed by atoms with Gasteiger partial charge in [-0.15, -0.1) is 0 Å². The molecule has 1 aliphatic carbocycles. The van der Waals surface area contributed by atoms with E-state index in [1.807, 2.05) is 6.08 Å². The molecule has 0 bridgehead atoms. The summed E-state index contributed by atoms with van der Waals surface area (Å²) in [6.07, 6.45) is 9.63. The smallest absolute Gasteiger partial charge is 0.279 e. The van der Waals surface area contributed by atoms with Crippen LogP contribution < -0.4 is 10.9 Å². The molecule has 0 radical (unpaired) electrons. The van der Waals surface area contributed by atoms with Crippen molar-refractivity contribution in [1.29, 1.82) is 0 Å². The first kappa shape index (κ1) is 12.3. The van der Waals surface area contributed by atoms with Crippen molar-refractivity contribution < 1.29 is 4.79 Å². The number of carbonyl (C=O) groups excluding carboxylic acids is 1. The summed E-state index contributed by atoms with van der Waals surface area (Å²) in [6.45, 7) is 0.403. The van der Waals surface area contributed by atoms with E-state index >= 15 is 0 Å². The van der Waals surface area contributed by atoms with Crippen LogP contribution in [-0.4, -0.2) is 22.7 Å². The molecule has 0 saturated carbocycles. The lowest BCUT2D eigenvalue weighted by Gasteiger charge is -2.09. The largest absolute Gasteiger partial charge is 0.355 e. The van der Waals surface area contributed by atoms with Gasteiger partial charge in [-0.1, -0.05) is 18.2 Å². The van der Waals surface area contributed by atoms with Gasteiger partial charge in [0.25, 0.3) is 11.5 Å². The molecule has 0 aliphatic heterocycles. The van der Waals surface area contributed by atoms with Crippen molar-refractivity contribution in [3.05, 3.63) is 52.0 Å². The molecular weight excluding hydrogens is 230 g/mol. The molecule has 5 nitrogen and oxygen atoms in total. The minimum Gasteiger partial charge on any atom is -0.355 e. The summed E-state index contributed by atoms with van der Waals surface area (Å²) in [4.78, 5) is 23.5. The number of hydrogen-bond acceptors (Lipinski definition) is 3. The Bertz CT molecular complexity index is 570. The quantitative estimate of drug-likeness (QED) is 0.859. The van der Waals surface area contributed by atoms with Gasteiger partial charge in [-0.3, -0.25) is 9.59 Å². The predicted octanol–water partition coefficient (Wildman–Crippen LogP) is 0.879. The molecule has 1 aromatic rings. The second kappa shape index (κ2) is 5.44. The van der Waals surface area contributed by atoms with Gasteiger partial charge in [0.05, 0.1) is 6.54 Å². The Labute approximate surface area is 105 Å². The summed E-state index contributed by atoms with van der Waals surface area (Å²) in [5.41, 5.74) is 0.800. The number of amides is 1. The third-order valence-corrected chi connectivity index (χ3v) is 2.79. The maximum Gasteiger partial charge on any atom is 0.279 e. The Morgan fingerprint density at radius 3 is 3.00 bits per heavy atom. The molecule has 2 rings (SSSR count). The SMILES string of the molecule is CNC(=O)c1ccnn(CC2=CCCC=C2)c1=O. The second-order valence-electron chi connectivity index (χ2n) is 4.05. The summed E-state index contributed by atoms with van der Waals surface area (Å²) in [6, 6.07) is 1.43. The topological polar surface area (TPSA) is 64.0 Å². The second-order valence-corrected chi connectivity index (χ2v) is 4.05. The van der Waals surface area contributed by atoms with E-state index in [0.29, 0.717) is 6.54 Å². The first-order valence-corrected chi connectivity index (χ1v) is 5.86. The van der Waals surface area contributed by atoms with E-state index in [1.54, 1.807) is 0 Å². The van der Waals surface area contributed by atoms with E-state index in [1.165, 1.54) is 24.0 Å². The van der Waals surface area contributed by atoms with Gasteiger partial charge in [0, 0.05) is 13.2 Å². The van der Waals surface area contributed by atoms with Gasteiger partial charge in [0.1, 0.15) is 5.56 Å². The molecule has 1 amide bonds. The zero-order valence-corrected chi connectivity index (χ0v) is 10.2. The van der Waals surface area contributed by atoms with Gasteiger partial charge in [0.15, 0.2) is 0 Å². The van der Waals surface area contributed by atoms with Crippen molar-refractivity contribution in [2.24, 2.45) is 0 Å². The molecule has 0 atom stereocenters. The fourth-order valence-corrected chi connectivity index (χ4v) is 1.83. The van der Waals surface area contributed by atoms with Crippen LogP contribution in [0.3, 0.4) is 0 Å². The van der Waals surface area contributed by atoms with E-state index in [2.05, 4.69) is 22.6 Å². The maximum atomic E-state index is 12.0. The Hall–Kier alpha value is -2.17. The van der Waals surface area contributed by atoms with E-state index in [0.717, 1.165) is 18.4 Å². The van der Waals surface area contributed by atoms with E-state index in [-0.39, 0.29) is 17.0 Å². The summed E-state index contributed by atoms with van der Waals surface area (Å²) < 4.78 is 1.31. The number of nitrogens with zero attached hydrogens (tertiary/aromatic N) is 2. The van der Waals surface area contributed by atoms with Crippen molar-refractivity contribution in [2.45, 2.75) is 19.4 Å². The number of rotatable bonds is 3. The van der Waals surface area contributed by atoms with Crippen LogP contribution in [0.4, 0.5) is 0 Å². The highest BCUT2D eigenvalue weighted by Crippen LogP contribution is 2.10. The fourth-order valence-electron chi connectivity index (χ4n) is 1.83. The monoisotopic (exact) mass is 245 g/mol. The van der Waals surface area contributed by atoms with Crippen molar-refractivity contribution in [3.63, 3.8) is 0 Å². The molecule has 1 N–H and O–H groups in total. The van der Waals surface area contributed by atoms with Crippen LogP contribution in [0.5, 0.6) is 0 Å². The number of carbonyl (C=O) groups is 1. The zero-order chi connectivity index (χ0) is 13.0. The minimum absolute atomic E-state index is 0.118. The standard InChI is InChI=1S/C13H15N3O2/c1-14-12(17)11-7-8-15-16(13(11)18)9-10-5-3-2-4-6-10/h3,5-8H,2,4,9H2,1H3,(H,14,17). The Morgan fingerprint density at radius 1 is 1.50 bits per heavy atom. The molecule has 5 heteroatoms. The van der Waals surface area contributed by atoms with Gasteiger partial charge >= 0.3 is 0 Å². The summed E-state index contributed by atoms with van der Waals surface area (Å²) in [7, 11) is 1.50. The summed E-state index contributed by atoms with van der Waals surface area (Å²) in [5.74, 6) is -0.385. The van der Waals surface area contributed by atoms with E-state index < -0.39 is 0 Å². The fraction of sp³-hybridized carbons (Fsp3) is 0.308. The maximum absolute atomic E-state index is 12.0. The van der Waals surface area contributed by atoms with Crippen molar-refractivity contribution >= 4 is 5.91 Å². The Balaban J connectivity index is 2.29. The highest BCUT2D eigenvalue weighted by atomic mass is 16.2. The number of aromatic nitrogens is 2. The molecular formula is C13H15N3O2. The van der Waals surface area contributed by atoms with E-state index in [4.69, 9.17) is 0 Å². The van der Waals surface area contributed by atoms with Crippen LogP contribution in [-0.2, 0) is 6.54 Å². The van der Waals surface area contributed by atoms with Gasteiger partial charge < -0.3 is 5.32 Å². The summed E-state index contributed by atoms with van der Waals surface area (Å²) >= 11 is 0. The molecule has 0 saturated heterocycles. The molecule has 0 fully saturated rings. The molecule has 0 unspecified atom stereocenters. The Morgan fingerprint density at radius 2 is 2.33 bits per heavy atom. The number of hydrogen-bond donors (Lipinski definition) is 1. The normalized spacial score (nSPS) is 14.2. The highest BCUT2D eigenvalue weighted by molar-refractivity contribution is 5.93. The molecule has 1 aromatic heterocycles. The lowest BCUT2D eigenvalue weighted by atomic mass is 10.1. The van der Waals surface area contributed by atoms with Crippen LogP contribution in [0.1, 0.15) is 23.2 Å². The lowest BCUT2D eigenvalue weighted by Crippen LogP contribution is -2.32. The van der Waals surface area contributed by atoms with Crippen LogP contribution in [0.25, 0.3) is 0 Å².